The van der Waals surface area contributed by atoms with Gasteiger partial charge in [-0.25, -0.2) is 4.98 Å². The SMILES string of the molecule is Cc1cc(C(=O)N2CCNC(=O)CC2)cc(Cl)n1. The molecule has 0 aromatic carbocycles. The highest BCUT2D eigenvalue weighted by atomic mass is 35.5. The molecular formula is C12H14ClN3O2. The van der Waals surface area contributed by atoms with Crippen molar-refractivity contribution in [3.63, 3.8) is 0 Å². The molecule has 0 atom stereocenters. The lowest BCUT2D eigenvalue weighted by Crippen LogP contribution is -2.34. The van der Waals surface area contributed by atoms with Crippen molar-refractivity contribution in [1.82, 2.24) is 15.2 Å². The first kappa shape index (κ1) is 12.8. The van der Waals surface area contributed by atoms with Crippen LogP contribution in [0.25, 0.3) is 0 Å². The number of aromatic nitrogens is 1. The van der Waals surface area contributed by atoms with Crippen LogP contribution in [0.5, 0.6) is 0 Å². The number of aryl methyl sites for hydroxylation is 1. The average molecular weight is 268 g/mol. The van der Waals surface area contributed by atoms with Crippen LogP contribution in [0.2, 0.25) is 5.15 Å². The van der Waals surface area contributed by atoms with Crippen molar-refractivity contribution in [2.24, 2.45) is 0 Å². The zero-order valence-corrected chi connectivity index (χ0v) is 10.8. The second-order valence-electron chi connectivity index (χ2n) is 4.21. The van der Waals surface area contributed by atoms with Crippen LogP contribution in [0.3, 0.4) is 0 Å². The minimum absolute atomic E-state index is 0.0192. The number of hydrogen-bond acceptors (Lipinski definition) is 3. The lowest BCUT2D eigenvalue weighted by atomic mass is 10.2. The van der Waals surface area contributed by atoms with E-state index in [1.165, 1.54) is 0 Å². The maximum atomic E-state index is 12.3. The number of rotatable bonds is 1. The van der Waals surface area contributed by atoms with Gasteiger partial charge >= 0.3 is 0 Å². The van der Waals surface area contributed by atoms with Gasteiger partial charge in [0.15, 0.2) is 0 Å². The Hall–Kier alpha value is -1.62. The number of halogens is 1. The fourth-order valence-corrected chi connectivity index (χ4v) is 2.16. The number of pyridine rings is 1. The van der Waals surface area contributed by atoms with Crippen molar-refractivity contribution >= 4 is 23.4 Å². The first-order valence-electron chi connectivity index (χ1n) is 5.76. The van der Waals surface area contributed by atoms with Gasteiger partial charge in [-0.1, -0.05) is 11.6 Å². The molecule has 2 rings (SSSR count). The molecule has 1 N–H and O–H groups in total. The van der Waals surface area contributed by atoms with E-state index in [4.69, 9.17) is 11.6 Å². The van der Waals surface area contributed by atoms with E-state index in [0.717, 1.165) is 0 Å². The summed E-state index contributed by atoms with van der Waals surface area (Å²) in [4.78, 5) is 29.2. The molecule has 0 unspecified atom stereocenters. The fraction of sp³-hybridized carbons (Fsp3) is 0.417. The highest BCUT2D eigenvalue weighted by Gasteiger charge is 2.20. The summed E-state index contributed by atoms with van der Waals surface area (Å²) in [5.41, 5.74) is 1.22. The molecule has 0 bridgehead atoms. The molecule has 0 saturated carbocycles. The summed E-state index contributed by atoms with van der Waals surface area (Å²) < 4.78 is 0. The third-order valence-electron chi connectivity index (χ3n) is 2.77. The van der Waals surface area contributed by atoms with Crippen LogP contribution in [0.4, 0.5) is 0 Å². The zero-order chi connectivity index (χ0) is 13.1. The van der Waals surface area contributed by atoms with Gasteiger partial charge in [-0.05, 0) is 19.1 Å². The Morgan fingerprint density at radius 3 is 2.94 bits per heavy atom. The molecule has 1 fully saturated rings. The van der Waals surface area contributed by atoms with Crippen LogP contribution in [0, 0.1) is 6.92 Å². The van der Waals surface area contributed by atoms with Gasteiger partial charge in [0.1, 0.15) is 5.15 Å². The monoisotopic (exact) mass is 267 g/mol. The molecule has 96 valence electrons. The maximum absolute atomic E-state index is 12.3. The molecule has 0 radical (unpaired) electrons. The van der Waals surface area contributed by atoms with Crippen molar-refractivity contribution in [3.8, 4) is 0 Å². The van der Waals surface area contributed by atoms with Crippen molar-refractivity contribution in [2.45, 2.75) is 13.3 Å². The molecule has 2 amide bonds. The fourth-order valence-electron chi connectivity index (χ4n) is 1.90. The summed E-state index contributed by atoms with van der Waals surface area (Å²) in [6.45, 7) is 3.23. The number of nitrogens with zero attached hydrogens (tertiary/aromatic N) is 2. The maximum Gasteiger partial charge on any atom is 0.254 e. The molecule has 1 aliphatic heterocycles. The average Bonchev–Trinajstić information content (AvgIpc) is 2.52. The lowest BCUT2D eigenvalue weighted by molar-refractivity contribution is -0.120. The van der Waals surface area contributed by atoms with Crippen molar-refractivity contribution in [2.75, 3.05) is 19.6 Å². The quantitative estimate of drug-likeness (QED) is 0.773. The molecule has 18 heavy (non-hydrogen) atoms. The zero-order valence-electron chi connectivity index (χ0n) is 10.1. The van der Waals surface area contributed by atoms with Gasteiger partial charge < -0.3 is 10.2 Å². The lowest BCUT2D eigenvalue weighted by Gasteiger charge is -2.19. The highest BCUT2D eigenvalue weighted by Crippen LogP contribution is 2.13. The molecule has 1 saturated heterocycles. The Kier molecular flexibility index (Phi) is 3.81. The first-order chi connectivity index (χ1) is 8.56. The van der Waals surface area contributed by atoms with Crippen molar-refractivity contribution in [1.29, 1.82) is 0 Å². The van der Waals surface area contributed by atoms with Crippen molar-refractivity contribution in [3.05, 3.63) is 28.5 Å². The van der Waals surface area contributed by atoms with E-state index in [0.29, 0.717) is 42.5 Å². The Balaban J connectivity index is 2.17. The summed E-state index contributed by atoms with van der Waals surface area (Å²) in [5, 5.41) is 3.04. The summed E-state index contributed by atoms with van der Waals surface area (Å²) >= 11 is 5.84. The number of hydrogen-bond donors (Lipinski definition) is 1. The minimum atomic E-state index is -0.112. The van der Waals surface area contributed by atoms with Crippen LogP contribution in [-0.2, 0) is 4.79 Å². The van der Waals surface area contributed by atoms with Crippen LogP contribution >= 0.6 is 11.6 Å². The first-order valence-corrected chi connectivity index (χ1v) is 6.14. The van der Waals surface area contributed by atoms with Crippen LogP contribution < -0.4 is 5.32 Å². The van der Waals surface area contributed by atoms with Crippen LogP contribution in [-0.4, -0.2) is 41.3 Å². The third kappa shape index (κ3) is 2.98. The van der Waals surface area contributed by atoms with Gasteiger partial charge in [0.25, 0.3) is 5.91 Å². The second kappa shape index (κ2) is 5.35. The number of carbonyl (C=O) groups is 2. The van der Waals surface area contributed by atoms with E-state index in [1.54, 1.807) is 24.0 Å². The summed E-state index contributed by atoms with van der Waals surface area (Å²) in [6.07, 6.45) is 0.337. The summed E-state index contributed by atoms with van der Waals surface area (Å²) in [6, 6.07) is 3.26. The number of amides is 2. The van der Waals surface area contributed by atoms with E-state index in [1.807, 2.05) is 0 Å². The Labute approximate surface area is 110 Å². The smallest absolute Gasteiger partial charge is 0.254 e. The van der Waals surface area contributed by atoms with Gasteiger partial charge in [-0.15, -0.1) is 0 Å². The molecule has 1 aliphatic rings. The molecule has 2 heterocycles. The molecule has 1 aromatic rings. The topological polar surface area (TPSA) is 62.3 Å². The Morgan fingerprint density at radius 1 is 1.44 bits per heavy atom. The largest absolute Gasteiger partial charge is 0.354 e. The van der Waals surface area contributed by atoms with Gasteiger partial charge in [0, 0.05) is 37.3 Å². The van der Waals surface area contributed by atoms with E-state index >= 15 is 0 Å². The van der Waals surface area contributed by atoms with Gasteiger partial charge in [0.05, 0.1) is 0 Å². The summed E-state index contributed by atoms with van der Waals surface area (Å²) in [7, 11) is 0. The molecular weight excluding hydrogens is 254 g/mol. The number of carbonyl (C=O) groups excluding carboxylic acids is 2. The van der Waals surface area contributed by atoms with E-state index in [2.05, 4.69) is 10.3 Å². The Bertz CT molecular complexity index is 470. The molecule has 6 heteroatoms. The number of nitrogens with one attached hydrogen (secondary N) is 1. The minimum Gasteiger partial charge on any atom is -0.354 e. The van der Waals surface area contributed by atoms with Crippen LogP contribution in [0.1, 0.15) is 22.5 Å². The van der Waals surface area contributed by atoms with E-state index in [-0.39, 0.29) is 11.8 Å². The molecule has 0 aliphatic carbocycles. The van der Waals surface area contributed by atoms with Gasteiger partial charge in [0.2, 0.25) is 5.91 Å². The molecule has 5 nitrogen and oxygen atoms in total. The Morgan fingerprint density at radius 2 is 2.22 bits per heavy atom. The predicted molar refractivity (Wildman–Crippen MR) is 67.5 cm³/mol. The predicted octanol–water partition coefficient (Wildman–Crippen LogP) is 1.01. The van der Waals surface area contributed by atoms with Crippen LogP contribution in [0.15, 0.2) is 12.1 Å². The van der Waals surface area contributed by atoms with Gasteiger partial charge in [-0.3, -0.25) is 9.59 Å². The van der Waals surface area contributed by atoms with Crippen molar-refractivity contribution < 1.29 is 9.59 Å². The van der Waals surface area contributed by atoms with E-state index in [9.17, 15) is 9.59 Å². The normalized spacial score (nSPS) is 16.1. The third-order valence-corrected chi connectivity index (χ3v) is 2.96. The van der Waals surface area contributed by atoms with E-state index < -0.39 is 0 Å². The summed E-state index contributed by atoms with van der Waals surface area (Å²) in [5.74, 6) is -0.131. The molecule has 0 spiro atoms. The van der Waals surface area contributed by atoms with Gasteiger partial charge in [-0.2, -0.15) is 0 Å². The highest BCUT2D eigenvalue weighted by molar-refractivity contribution is 6.29. The second-order valence-corrected chi connectivity index (χ2v) is 4.60. The standard InChI is InChI=1S/C12H14ClN3O2/c1-8-6-9(7-10(13)15-8)12(18)16-4-2-11(17)14-3-5-16/h6-7H,2-5H2,1H3,(H,14,17). The molecule has 1 aromatic heterocycles.